The topological polar surface area (TPSA) is 99.6 Å². The van der Waals surface area contributed by atoms with Gasteiger partial charge in [-0.15, -0.1) is 0 Å². The van der Waals surface area contributed by atoms with Crippen molar-refractivity contribution in [1.82, 2.24) is 25.1 Å². The molecule has 1 aromatic heterocycles. The van der Waals surface area contributed by atoms with Gasteiger partial charge in [0.25, 0.3) is 11.8 Å². The first kappa shape index (κ1) is 26.2. The Bertz CT molecular complexity index is 1060. The second-order valence-corrected chi connectivity index (χ2v) is 9.98. The summed E-state index contributed by atoms with van der Waals surface area (Å²) in [4.78, 5) is 47.6. The summed E-state index contributed by atoms with van der Waals surface area (Å²) in [5.74, 6) is -0.482. The van der Waals surface area contributed by atoms with Crippen LogP contribution < -0.4 is 15.5 Å². The van der Waals surface area contributed by atoms with Crippen molar-refractivity contribution in [1.29, 1.82) is 0 Å². The molecule has 1 aliphatic rings. The molecule has 2 N–H and O–H groups in total. The summed E-state index contributed by atoms with van der Waals surface area (Å²) in [7, 11) is 3.94. The Kier molecular flexibility index (Phi) is 8.19. The van der Waals surface area contributed by atoms with Crippen molar-refractivity contribution >= 4 is 23.4 Å². The van der Waals surface area contributed by atoms with Gasteiger partial charge in [-0.05, 0) is 43.4 Å². The number of rotatable bonds is 10. The minimum atomic E-state index is -1.06. The number of hydrogen-bond donors (Lipinski definition) is 2. The van der Waals surface area contributed by atoms with Gasteiger partial charge in [0.1, 0.15) is 11.2 Å². The van der Waals surface area contributed by atoms with E-state index < -0.39 is 11.4 Å². The SMILES string of the molecule is CCCN1C(=O)c2c(C(=O)NCc3ccc(N(C)C)cc3)ncn2CC1(C)C(=O)NCCC(C)C. The van der Waals surface area contributed by atoms with E-state index in [4.69, 9.17) is 0 Å². The molecule has 9 heteroatoms. The number of nitrogens with one attached hydrogen (secondary N) is 2. The van der Waals surface area contributed by atoms with E-state index in [9.17, 15) is 14.4 Å². The van der Waals surface area contributed by atoms with E-state index in [0.29, 0.717) is 32.0 Å². The zero-order valence-electron chi connectivity index (χ0n) is 21.7. The molecule has 0 saturated carbocycles. The monoisotopic (exact) mass is 482 g/mol. The highest BCUT2D eigenvalue weighted by atomic mass is 16.2. The van der Waals surface area contributed by atoms with Crippen molar-refractivity contribution in [2.75, 3.05) is 32.1 Å². The number of anilines is 1. The number of fused-ring (bicyclic) bond motifs is 1. The van der Waals surface area contributed by atoms with Crippen LogP contribution in [0, 0.1) is 5.92 Å². The molecule has 2 heterocycles. The summed E-state index contributed by atoms with van der Waals surface area (Å²) in [6.07, 6.45) is 3.04. The molecule has 35 heavy (non-hydrogen) atoms. The van der Waals surface area contributed by atoms with Crippen LogP contribution in [0.3, 0.4) is 0 Å². The van der Waals surface area contributed by atoms with E-state index >= 15 is 0 Å². The van der Waals surface area contributed by atoms with Gasteiger partial charge in [0, 0.05) is 39.4 Å². The zero-order chi connectivity index (χ0) is 25.8. The smallest absolute Gasteiger partial charge is 0.273 e. The molecule has 3 amide bonds. The first-order valence-electron chi connectivity index (χ1n) is 12.3. The summed E-state index contributed by atoms with van der Waals surface area (Å²) >= 11 is 0. The summed E-state index contributed by atoms with van der Waals surface area (Å²) in [6, 6.07) is 7.88. The van der Waals surface area contributed by atoms with E-state index in [1.165, 1.54) is 6.33 Å². The average Bonchev–Trinajstić information content (AvgIpc) is 3.23. The third kappa shape index (κ3) is 5.66. The van der Waals surface area contributed by atoms with E-state index in [1.54, 1.807) is 16.4 Å². The molecular weight excluding hydrogens is 444 g/mol. The Morgan fingerprint density at radius 3 is 2.46 bits per heavy atom. The highest BCUT2D eigenvalue weighted by Crippen LogP contribution is 2.29. The highest BCUT2D eigenvalue weighted by molar-refractivity contribution is 6.07. The second-order valence-electron chi connectivity index (χ2n) is 9.98. The average molecular weight is 483 g/mol. The lowest BCUT2D eigenvalue weighted by molar-refractivity contribution is -0.132. The van der Waals surface area contributed by atoms with Gasteiger partial charge in [-0.2, -0.15) is 0 Å². The van der Waals surface area contributed by atoms with Crippen molar-refractivity contribution < 1.29 is 14.4 Å². The minimum Gasteiger partial charge on any atom is -0.378 e. The number of carbonyl (C=O) groups is 3. The van der Waals surface area contributed by atoms with Gasteiger partial charge in [-0.3, -0.25) is 14.4 Å². The maximum absolute atomic E-state index is 13.6. The number of amides is 3. The Morgan fingerprint density at radius 1 is 1.17 bits per heavy atom. The lowest BCUT2D eigenvalue weighted by atomic mass is 9.93. The van der Waals surface area contributed by atoms with Crippen molar-refractivity contribution in [2.24, 2.45) is 5.92 Å². The summed E-state index contributed by atoms with van der Waals surface area (Å²) in [5.41, 5.74) is 1.28. The minimum absolute atomic E-state index is 0.0864. The molecule has 1 unspecified atom stereocenters. The Labute approximate surface area is 207 Å². The number of benzene rings is 1. The molecule has 9 nitrogen and oxygen atoms in total. The summed E-state index contributed by atoms with van der Waals surface area (Å²) in [6.45, 7) is 9.49. The third-order valence-electron chi connectivity index (χ3n) is 6.42. The summed E-state index contributed by atoms with van der Waals surface area (Å²) < 4.78 is 1.64. The number of aromatic nitrogens is 2. The van der Waals surface area contributed by atoms with Crippen LogP contribution in [0.15, 0.2) is 30.6 Å². The molecule has 190 valence electrons. The zero-order valence-corrected chi connectivity index (χ0v) is 21.7. The predicted molar refractivity (Wildman–Crippen MR) is 136 cm³/mol. The van der Waals surface area contributed by atoms with Crippen LogP contribution in [-0.4, -0.2) is 64.9 Å². The van der Waals surface area contributed by atoms with Gasteiger partial charge in [0.2, 0.25) is 5.91 Å². The molecule has 0 saturated heterocycles. The van der Waals surface area contributed by atoms with Crippen molar-refractivity contribution in [3.8, 4) is 0 Å². The van der Waals surface area contributed by atoms with Gasteiger partial charge < -0.3 is 25.0 Å². The molecule has 2 aromatic rings. The number of hydrogen-bond acceptors (Lipinski definition) is 5. The molecule has 1 aromatic carbocycles. The molecule has 0 fully saturated rings. The fraction of sp³-hybridized carbons (Fsp3) is 0.538. The van der Waals surface area contributed by atoms with Gasteiger partial charge >= 0.3 is 0 Å². The molecule has 0 spiro atoms. The van der Waals surface area contributed by atoms with E-state index in [1.807, 2.05) is 50.2 Å². The second kappa shape index (κ2) is 10.9. The molecule has 0 bridgehead atoms. The van der Waals surface area contributed by atoms with Gasteiger partial charge in [0.05, 0.1) is 12.9 Å². The number of carbonyl (C=O) groups excluding carboxylic acids is 3. The molecule has 1 aliphatic heterocycles. The lowest BCUT2D eigenvalue weighted by Gasteiger charge is -2.43. The first-order chi connectivity index (χ1) is 16.6. The molecule has 3 rings (SSSR count). The van der Waals surface area contributed by atoms with Gasteiger partial charge in [-0.1, -0.05) is 32.9 Å². The molecule has 0 aliphatic carbocycles. The van der Waals surface area contributed by atoms with Crippen LogP contribution in [0.25, 0.3) is 0 Å². The third-order valence-corrected chi connectivity index (χ3v) is 6.42. The van der Waals surface area contributed by atoms with Crippen molar-refractivity contribution in [2.45, 2.75) is 59.2 Å². The van der Waals surface area contributed by atoms with Gasteiger partial charge in [-0.25, -0.2) is 4.98 Å². The van der Waals surface area contributed by atoms with Crippen LogP contribution >= 0.6 is 0 Å². The number of imidazole rings is 1. The van der Waals surface area contributed by atoms with Crippen LogP contribution in [0.2, 0.25) is 0 Å². The lowest BCUT2D eigenvalue weighted by Crippen LogP contribution is -2.64. The predicted octanol–water partition coefficient (Wildman–Crippen LogP) is 2.67. The Morgan fingerprint density at radius 2 is 1.86 bits per heavy atom. The molecule has 0 radical (unpaired) electrons. The molecule has 1 atom stereocenters. The van der Waals surface area contributed by atoms with Gasteiger partial charge in [0.15, 0.2) is 5.69 Å². The maximum atomic E-state index is 13.6. The number of nitrogens with zero attached hydrogens (tertiary/aromatic N) is 4. The fourth-order valence-corrected chi connectivity index (χ4v) is 4.27. The van der Waals surface area contributed by atoms with E-state index in [0.717, 1.165) is 17.7 Å². The van der Waals surface area contributed by atoms with Crippen LogP contribution in [0.5, 0.6) is 0 Å². The largest absolute Gasteiger partial charge is 0.378 e. The fourth-order valence-electron chi connectivity index (χ4n) is 4.27. The Hall–Kier alpha value is -3.36. The van der Waals surface area contributed by atoms with E-state index in [2.05, 4.69) is 29.5 Å². The van der Waals surface area contributed by atoms with Crippen LogP contribution in [0.1, 0.15) is 67.1 Å². The van der Waals surface area contributed by atoms with Crippen LogP contribution in [0.4, 0.5) is 5.69 Å². The van der Waals surface area contributed by atoms with E-state index in [-0.39, 0.29) is 29.7 Å². The van der Waals surface area contributed by atoms with Crippen molar-refractivity contribution in [3.05, 3.63) is 47.5 Å². The standard InChI is InChI=1S/C26H38N6O3/c1-7-14-32-24(34)22-21(23(33)28-15-19-8-10-20(11-9-19)30(5)6)29-17-31(22)16-26(32,4)25(35)27-13-12-18(2)3/h8-11,17-18H,7,12-16H2,1-6H3,(H,27,35)(H,28,33). The van der Waals surface area contributed by atoms with Crippen molar-refractivity contribution in [3.63, 3.8) is 0 Å². The van der Waals surface area contributed by atoms with Crippen LogP contribution in [-0.2, 0) is 17.9 Å². The summed E-state index contributed by atoms with van der Waals surface area (Å²) in [5, 5.41) is 5.87. The highest BCUT2D eigenvalue weighted by Gasteiger charge is 2.48. The maximum Gasteiger partial charge on any atom is 0.273 e. The first-order valence-corrected chi connectivity index (χ1v) is 12.3. The quantitative estimate of drug-likeness (QED) is 0.542. The molecular formula is C26H38N6O3. The Balaban J connectivity index is 1.78. The normalized spacial score (nSPS) is 17.3.